The maximum absolute atomic E-state index is 12.7. The molecular weight excluding hydrogens is 388 g/mol. The Balaban J connectivity index is 1.69. The first kappa shape index (κ1) is 22.6. The van der Waals surface area contributed by atoms with Crippen LogP contribution in [0.15, 0.2) is 48.5 Å². The van der Waals surface area contributed by atoms with E-state index in [4.69, 9.17) is 4.74 Å². The third-order valence-corrected chi connectivity index (χ3v) is 5.46. The number of hydrogen-bond acceptors (Lipinski definition) is 4. The summed E-state index contributed by atoms with van der Waals surface area (Å²) in [5.74, 6) is 1.06. The van der Waals surface area contributed by atoms with Gasteiger partial charge in [-0.15, -0.1) is 0 Å². The summed E-state index contributed by atoms with van der Waals surface area (Å²) in [6.45, 7) is 10.4. The third kappa shape index (κ3) is 5.33. The summed E-state index contributed by atoms with van der Waals surface area (Å²) < 4.78 is 7.11. The van der Waals surface area contributed by atoms with Crippen molar-refractivity contribution in [2.24, 2.45) is 5.92 Å². The van der Waals surface area contributed by atoms with E-state index in [1.54, 1.807) is 7.11 Å². The Kier molecular flexibility index (Phi) is 7.13. The van der Waals surface area contributed by atoms with Gasteiger partial charge in [0.15, 0.2) is 0 Å². The second-order valence-electron chi connectivity index (χ2n) is 8.22. The van der Waals surface area contributed by atoms with Crippen molar-refractivity contribution in [2.75, 3.05) is 19.0 Å². The predicted octanol–water partition coefficient (Wildman–Crippen LogP) is 4.73. The van der Waals surface area contributed by atoms with Crippen LogP contribution in [-0.2, 0) is 4.79 Å². The van der Waals surface area contributed by atoms with Crippen LogP contribution in [0.5, 0.6) is 5.75 Å². The summed E-state index contributed by atoms with van der Waals surface area (Å²) in [4.78, 5) is 12.7. The Bertz CT molecular complexity index is 1020. The van der Waals surface area contributed by atoms with Gasteiger partial charge < -0.3 is 15.4 Å². The number of nitrogens with zero attached hydrogens (tertiary/aromatic N) is 2. The molecule has 0 aliphatic heterocycles. The summed E-state index contributed by atoms with van der Waals surface area (Å²) in [6, 6.07) is 16.2. The Hall–Kier alpha value is -3.12. The Morgan fingerprint density at radius 1 is 1.03 bits per heavy atom. The Morgan fingerprint density at radius 2 is 1.68 bits per heavy atom. The molecule has 2 N–H and O–H groups in total. The van der Waals surface area contributed by atoms with Crippen molar-refractivity contribution in [1.29, 1.82) is 0 Å². The van der Waals surface area contributed by atoms with Crippen LogP contribution in [0.4, 0.5) is 5.69 Å². The van der Waals surface area contributed by atoms with E-state index in [0.29, 0.717) is 5.92 Å². The molecule has 31 heavy (non-hydrogen) atoms. The zero-order chi connectivity index (χ0) is 22.5. The van der Waals surface area contributed by atoms with Crippen LogP contribution in [-0.4, -0.2) is 29.3 Å². The number of carbonyl (C=O) groups excluding carboxylic acids is 1. The largest absolute Gasteiger partial charge is 0.497 e. The number of benzene rings is 2. The minimum absolute atomic E-state index is 0.0640. The van der Waals surface area contributed by atoms with Gasteiger partial charge in [0, 0.05) is 6.04 Å². The van der Waals surface area contributed by atoms with Crippen molar-refractivity contribution < 1.29 is 9.53 Å². The lowest BCUT2D eigenvalue weighted by atomic mass is 9.96. The summed E-state index contributed by atoms with van der Waals surface area (Å²) in [7, 11) is 1.66. The van der Waals surface area contributed by atoms with Crippen LogP contribution in [0.2, 0.25) is 0 Å². The fourth-order valence-corrected chi connectivity index (χ4v) is 3.70. The SMILES string of the molecule is COc1ccc(C(NCC(=O)Nc2c(C)nn(-c3ccc(C)cc3)c2C)C(C)C)cc1. The number of methoxy groups -OCH3 is 1. The number of ether oxygens (including phenoxy) is 1. The molecule has 3 aromatic rings. The number of rotatable bonds is 8. The lowest BCUT2D eigenvalue weighted by Crippen LogP contribution is -2.33. The zero-order valence-electron chi connectivity index (χ0n) is 19.2. The van der Waals surface area contributed by atoms with Crippen molar-refractivity contribution in [3.63, 3.8) is 0 Å². The minimum atomic E-state index is -0.0891. The molecule has 1 amide bonds. The smallest absolute Gasteiger partial charge is 0.238 e. The highest BCUT2D eigenvalue weighted by Crippen LogP contribution is 2.25. The molecule has 1 unspecified atom stereocenters. The van der Waals surface area contributed by atoms with E-state index in [2.05, 4.69) is 48.6 Å². The van der Waals surface area contributed by atoms with Gasteiger partial charge in [0.05, 0.1) is 36.4 Å². The number of amides is 1. The molecule has 6 nitrogen and oxygen atoms in total. The van der Waals surface area contributed by atoms with Gasteiger partial charge in [0.2, 0.25) is 5.91 Å². The molecule has 0 aliphatic rings. The van der Waals surface area contributed by atoms with Gasteiger partial charge in [-0.1, -0.05) is 43.7 Å². The number of nitrogens with one attached hydrogen (secondary N) is 2. The van der Waals surface area contributed by atoms with Crippen molar-refractivity contribution >= 4 is 11.6 Å². The highest BCUT2D eigenvalue weighted by atomic mass is 16.5. The molecule has 1 heterocycles. The van der Waals surface area contributed by atoms with Crippen LogP contribution in [0.1, 0.15) is 42.4 Å². The fraction of sp³-hybridized carbons (Fsp3) is 0.360. The topological polar surface area (TPSA) is 68.2 Å². The van der Waals surface area contributed by atoms with Gasteiger partial charge >= 0.3 is 0 Å². The highest BCUT2D eigenvalue weighted by Gasteiger charge is 2.19. The van der Waals surface area contributed by atoms with Gasteiger partial charge in [0.25, 0.3) is 0 Å². The van der Waals surface area contributed by atoms with E-state index in [9.17, 15) is 4.79 Å². The van der Waals surface area contributed by atoms with Crippen LogP contribution in [0, 0.1) is 26.7 Å². The molecule has 2 aromatic carbocycles. The number of aromatic nitrogens is 2. The van der Waals surface area contributed by atoms with Crippen LogP contribution in [0.25, 0.3) is 5.69 Å². The maximum atomic E-state index is 12.7. The number of anilines is 1. The molecule has 164 valence electrons. The predicted molar refractivity (Wildman–Crippen MR) is 125 cm³/mol. The van der Waals surface area contributed by atoms with E-state index in [0.717, 1.165) is 34.1 Å². The summed E-state index contributed by atoms with van der Waals surface area (Å²) in [5.41, 5.74) is 5.76. The zero-order valence-corrected chi connectivity index (χ0v) is 19.2. The molecule has 0 aliphatic carbocycles. The van der Waals surface area contributed by atoms with Crippen LogP contribution in [0.3, 0.4) is 0 Å². The van der Waals surface area contributed by atoms with E-state index in [1.165, 1.54) is 5.56 Å². The van der Waals surface area contributed by atoms with E-state index in [-0.39, 0.29) is 18.5 Å². The standard InChI is InChI=1S/C25H32N4O2/c1-16(2)24(20-9-13-22(31-6)14-10-20)26-15-23(30)27-25-18(4)28-29(19(25)5)21-11-7-17(3)8-12-21/h7-14,16,24,26H,15H2,1-6H3,(H,27,30). The first-order valence-corrected chi connectivity index (χ1v) is 10.6. The Morgan fingerprint density at radius 3 is 2.26 bits per heavy atom. The third-order valence-electron chi connectivity index (χ3n) is 5.46. The first-order valence-electron chi connectivity index (χ1n) is 10.6. The Labute approximate surface area is 184 Å². The second kappa shape index (κ2) is 9.79. The first-order chi connectivity index (χ1) is 14.8. The van der Waals surface area contributed by atoms with Crippen LogP contribution < -0.4 is 15.4 Å². The lowest BCUT2D eigenvalue weighted by Gasteiger charge is -2.23. The molecule has 1 aromatic heterocycles. The average molecular weight is 421 g/mol. The van der Waals surface area contributed by atoms with E-state index in [1.807, 2.05) is 54.9 Å². The summed E-state index contributed by atoms with van der Waals surface area (Å²) in [5, 5.41) is 11.1. The molecule has 0 saturated carbocycles. The molecule has 6 heteroatoms. The van der Waals surface area contributed by atoms with Crippen molar-refractivity contribution in [3.05, 3.63) is 71.0 Å². The number of carbonyl (C=O) groups is 1. The minimum Gasteiger partial charge on any atom is -0.497 e. The molecule has 0 spiro atoms. The molecule has 3 rings (SSSR count). The normalized spacial score (nSPS) is 12.1. The molecule has 0 saturated heterocycles. The summed E-state index contributed by atoms with van der Waals surface area (Å²) in [6.07, 6.45) is 0. The van der Waals surface area contributed by atoms with E-state index >= 15 is 0 Å². The fourth-order valence-electron chi connectivity index (χ4n) is 3.70. The number of aryl methyl sites for hydroxylation is 2. The lowest BCUT2D eigenvalue weighted by molar-refractivity contribution is -0.115. The average Bonchev–Trinajstić information content (AvgIpc) is 3.03. The summed E-state index contributed by atoms with van der Waals surface area (Å²) >= 11 is 0. The van der Waals surface area contributed by atoms with Crippen molar-refractivity contribution in [1.82, 2.24) is 15.1 Å². The van der Waals surface area contributed by atoms with Gasteiger partial charge in [-0.25, -0.2) is 4.68 Å². The van der Waals surface area contributed by atoms with E-state index < -0.39 is 0 Å². The van der Waals surface area contributed by atoms with Crippen molar-refractivity contribution in [3.8, 4) is 11.4 Å². The molecule has 0 radical (unpaired) electrons. The van der Waals surface area contributed by atoms with Gasteiger partial charge in [-0.05, 0) is 56.5 Å². The number of hydrogen-bond donors (Lipinski definition) is 2. The van der Waals surface area contributed by atoms with Crippen LogP contribution >= 0.6 is 0 Å². The molecule has 1 atom stereocenters. The van der Waals surface area contributed by atoms with Gasteiger partial charge in [-0.3, -0.25) is 4.79 Å². The molecule has 0 bridgehead atoms. The molecular formula is C25H32N4O2. The maximum Gasteiger partial charge on any atom is 0.238 e. The monoisotopic (exact) mass is 420 g/mol. The highest BCUT2D eigenvalue weighted by molar-refractivity contribution is 5.93. The quantitative estimate of drug-likeness (QED) is 0.553. The van der Waals surface area contributed by atoms with Gasteiger partial charge in [0.1, 0.15) is 5.75 Å². The second-order valence-corrected chi connectivity index (χ2v) is 8.22. The van der Waals surface area contributed by atoms with Crippen molar-refractivity contribution in [2.45, 2.75) is 40.7 Å². The molecule has 0 fully saturated rings. The van der Waals surface area contributed by atoms with Gasteiger partial charge in [-0.2, -0.15) is 5.10 Å².